The van der Waals surface area contributed by atoms with Crippen LogP contribution in [0.25, 0.3) is 0 Å². The Morgan fingerprint density at radius 3 is 2.62 bits per heavy atom. The number of carbonyl (C=O) groups excluding carboxylic acids is 1. The van der Waals surface area contributed by atoms with Crippen LogP contribution in [0.4, 0.5) is 11.4 Å². The van der Waals surface area contributed by atoms with Crippen LogP contribution in [0.1, 0.15) is 16.8 Å². The summed E-state index contributed by atoms with van der Waals surface area (Å²) in [6, 6.07) is 14.5. The molecule has 2 aromatic carbocycles. The Labute approximate surface area is 144 Å². The topological polar surface area (TPSA) is 93.5 Å². The number of β-amino-alcohol motifs (C(OH)–C–C–N with tert-alkyl or cyclic N) is 1. The Morgan fingerprint density at radius 1 is 1.21 bits per heavy atom. The van der Waals surface area contributed by atoms with Gasteiger partial charge in [0.05, 0.1) is 6.10 Å². The third-order valence-electron chi connectivity index (χ3n) is 3.72. The predicted octanol–water partition coefficient (Wildman–Crippen LogP) is 3.49. The summed E-state index contributed by atoms with van der Waals surface area (Å²) < 4.78 is 0. The SMILES string of the molecule is N=O.O=C(Nc1cccc(Cl)c1)c1cccc(N2CCC(O)C2)c1. The molecule has 1 atom stereocenters. The van der Waals surface area contributed by atoms with E-state index in [9.17, 15) is 9.90 Å². The summed E-state index contributed by atoms with van der Waals surface area (Å²) in [5.74, 6) is -0.177. The number of nitroso groups, excluding NO2 is 1. The van der Waals surface area contributed by atoms with Crippen LogP contribution < -0.4 is 10.2 Å². The third kappa shape index (κ3) is 4.53. The Bertz CT molecular complexity index is 711. The first kappa shape index (κ1) is 17.9. The van der Waals surface area contributed by atoms with Crippen LogP contribution in [0.15, 0.2) is 48.5 Å². The van der Waals surface area contributed by atoms with Gasteiger partial charge < -0.3 is 15.3 Å². The van der Waals surface area contributed by atoms with Crippen LogP contribution in [-0.2, 0) is 0 Å². The standard InChI is InChI=1S/C17H17ClN2O2.HNO/c18-13-4-2-5-14(10-13)19-17(22)12-3-1-6-15(9-12)20-8-7-16(21)11-20;1-2/h1-6,9-10,16,21H,7-8,11H2,(H,19,22);1H. The number of halogens is 1. The molecule has 0 bridgehead atoms. The van der Waals surface area contributed by atoms with E-state index in [-0.39, 0.29) is 12.0 Å². The molecule has 7 heteroatoms. The van der Waals surface area contributed by atoms with E-state index in [4.69, 9.17) is 16.5 Å². The van der Waals surface area contributed by atoms with E-state index in [0.29, 0.717) is 22.8 Å². The van der Waals surface area contributed by atoms with E-state index in [1.165, 1.54) is 0 Å². The number of hydrogen-bond donors (Lipinski definition) is 3. The second-order valence-corrected chi connectivity index (χ2v) is 5.84. The van der Waals surface area contributed by atoms with Crippen molar-refractivity contribution in [3.63, 3.8) is 0 Å². The molecule has 1 saturated heterocycles. The zero-order valence-corrected chi connectivity index (χ0v) is 13.7. The van der Waals surface area contributed by atoms with E-state index in [2.05, 4.69) is 15.8 Å². The lowest BCUT2D eigenvalue weighted by molar-refractivity contribution is 0.102. The van der Waals surface area contributed by atoms with Gasteiger partial charge in [0.1, 0.15) is 0 Å². The largest absolute Gasteiger partial charge is 0.391 e. The molecule has 2 aromatic rings. The second-order valence-electron chi connectivity index (χ2n) is 5.40. The lowest BCUT2D eigenvalue weighted by Crippen LogP contribution is -2.21. The molecule has 6 nitrogen and oxygen atoms in total. The van der Waals surface area contributed by atoms with Gasteiger partial charge in [0.15, 0.2) is 0 Å². The highest BCUT2D eigenvalue weighted by Gasteiger charge is 2.21. The molecular weight excluding hydrogens is 330 g/mol. The molecule has 0 saturated carbocycles. The molecule has 126 valence electrons. The number of amides is 1. The lowest BCUT2D eigenvalue weighted by Gasteiger charge is -2.18. The van der Waals surface area contributed by atoms with Gasteiger partial charge in [-0.3, -0.25) is 4.79 Å². The Kier molecular flexibility index (Phi) is 6.28. The van der Waals surface area contributed by atoms with Gasteiger partial charge in [-0.1, -0.05) is 29.3 Å². The minimum Gasteiger partial charge on any atom is -0.391 e. The average molecular weight is 348 g/mol. The van der Waals surface area contributed by atoms with Crippen molar-refractivity contribution in [3.8, 4) is 0 Å². The number of aliphatic hydroxyl groups is 1. The van der Waals surface area contributed by atoms with Gasteiger partial charge >= 0.3 is 0 Å². The van der Waals surface area contributed by atoms with Gasteiger partial charge in [0.2, 0.25) is 0 Å². The maximum absolute atomic E-state index is 12.3. The molecule has 1 unspecified atom stereocenters. The summed E-state index contributed by atoms with van der Waals surface area (Å²) in [5, 5.41) is 13.0. The normalized spacial score (nSPS) is 16.2. The minimum absolute atomic E-state index is 0.177. The van der Waals surface area contributed by atoms with Crippen molar-refractivity contribution in [1.82, 2.24) is 0 Å². The molecule has 1 aliphatic heterocycles. The smallest absolute Gasteiger partial charge is 0.255 e. The molecule has 1 aliphatic rings. The number of aliphatic hydroxyl groups excluding tert-OH is 1. The summed E-state index contributed by atoms with van der Waals surface area (Å²) in [5.41, 5.74) is 6.70. The van der Waals surface area contributed by atoms with Crippen molar-refractivity contribution in [2.45, 2.75) is 12.5 Å². The number of carbonyl (C=O) groups is 1. The van der Waals surface area contributed by atoms with Gasteiger partial charge in [-0.05, 0) is 42.8 Å². The first-order valence-electron chi connectivity index (χ1n) is 7.42. The summed E-state index contributed by atoms with van der Waals surface area (Å²) in [4.78, 5) is 21.9. The first-order valence-corrected chi connectivity index (χ1v) is 7.80. The van der Waals surface area contributed by atoms with Crippen LogP contribution >= 0.6 is 11.6 Å². The van der Waals surface area contributed by atoms with Gasteiger partial charge in [0, 0.05) is 35.1 Å². The number of nitrogens with one attached hydrogen (secondary N) is 2. The molecule has 24 heavy (non-hydrogen) atoms. The minimum atomic E-state index is -0.288. The maximum Gasteiger partial charge on any atom is 0.255 e. The van der Waals surface area contributed by atoms with Crippen molar-refractivity contribution in [2.24, 2.45) is 0 Å². The summed E-state index contributed by atoms with van der Waals surface area (Å²) >= 11 is 5.92. The number of benzene rings is 2. The Morgan fingerprint density at radius 2 is 1.96 bits per heavy atom. The summed E-state index contributed by atoms with van der Waals surface area (Å²) in [7, 11) is 0. The van der Waals surface area contributed by atoms with Gasteiger partial charge in [-0.2, -0.15) is 4.91 Å². The molecule has 1 amide bonds. The van der Waals surface area contributed by atoms with Gasteiger partial charge in [-0.25, -0.2) is 0 Å². The van der Waals surface area contributed by atoms with Crippen LogP contribution in [0, 0.1) is 10.5 Å². The lowest BCUT2D eigenvalue weighted by atomic mass is 10.1. The Hall–Kier alpha value is -2.44. The van der Waals surface area contributed by atoms with Crippen LogP contribution in [-0.4, -0.2) is 30.2 Å². The third-order valence-corrected chi connectivity index (χ3v) is 3.95. The van der Waals surface area contributed by atoms with E-state index in [0.717, 1.165) is 18.7 Å². The van der Waals surface area contributed by atoms with Crippen LogP contribution in [0.5, 0.6) is 0 Å². The highest BCUT2D eigenvalue weighted by atomic mass is 35.5. The van der Waals surface area contributed by atoms with Gasteiger partial charge in [0.25, 0.3) is 5.91 Å². The number of rotatable bonds is 3. The molecule has 0 aliphatic carbocycles. The fraction of sp³-hybridized carbons (Fsp3) is 0.235. The van der Waals surface area contributed by atoms with Crippen molar-refractivity contribution in [1.29, 1.82) is 5.59 Å². The number of hydrogen-bond acceptors (Lipinski definition) is 5. The van der Waals surface area contributed by atoms with E-state index in [1.807, 2.05) is 18.2 Å². The van der Waals surface area contributed by atoms with Crippen molar-refractivity contribution in [3.05, 3.63) is 64.0 Å². The van der Waals surface area contributed by atoms with Crippen LogP contribution in [0.3, 0.4) is 0 Å². The maximum atomic E-state index is 12.3. The number of nitrogens with zero attached hydrogens (tertiary/aromatic N) is 1. The average Bonchev–Trinajstić information content (AvgIpc) is 3.03. The zero-order chi connectivity index (χ0) is 17.5. The molecule has 1 heterocycles. The second kappa shape index (κ2) is 8.42. The molecule has 0 spiro atoms. The number of anilines is 2. The molecule has 0 aromatic heterocycles. The monoisotopic (exact) mass is 347 g/mol. The highest BCUT2D eigenvalue weighted by molar-refractivity contribution is 6.30. The van der Waals surface area contributed by atoms with Gasteiger partial charge in [-0.15, -0.1) is 0 Å². The quantitative estimate of drug-likeness (QED) is 0.741. The Balaban J connectivity index is 0.00000100. The van der Waals surface area contributed by atoms with Crippen molar-refractivity contribution >= 4 is 28.9 Å². The van der Waals surface area contributed by atoms with E-state index in [1.54, 1.807) is 30.3 Å². The van der Waals surface area contributed by atoms with Crippen LogP contribution in [0.2, 0.25) is 5.02 Å². The predicted molar refractivity (Wildman–Crippen MR) is 94.8 cm³/mol. The molecule has 3 rings (SSSR count). The fourth-order valence-electron chi connectivity index (χ4n) is 2.59. The molecular formula is C17H18ClN3O3. The first-order chi connectivity index (χ1) is 11.6. The summed E-state index contributed by atoms with van der Waals surface area (Å²) in [6.07, 6.45) is 0.475. The van der Waals surface area contributed by atoms with Crippen molar-refractivity contribution < 1.29 is 9.90 Å². The van der Waals surface area contributed by atoms with E-state index < -0.39 is 0 Å². The summed E-state index contributed by atoms with van der Waals surface area (Å²) in [6.45, 7) is 1.42. The van der Waals surface area contributed by atoms with E-state index >= 15 is 0 Å². The van der Waals surface area contributed by atoms with Crippen molar-refractivity contribution in [2.75, 3.05) is 23.3 Å². The zero-order valence-electron chi connectivity index (χ0n) is 12.9. The molecule has 3 N–H and O–H groups in total. The molecule has 1 fully saturated rings. The molecule has 0 radical (unpaired) electrons. The fourth-order valence-corrected chi connectivity index (χ4v) is 2.78. The highest BCUT2D eigenvalue weighted by Crippen LogP contribution is 2.22.